The topological polar surface area (TPSA) is 32.3 Å². The van der Waals surface area contributed by atoms with E-state index in [0.717, 1.165) is 50.1 Å². The number of carbonyl (C=O) groups excluding carboxylic acids is 1. The number of likely N-dealkylation sites (tertiary alicyclic amines) is 1. The van der Waals surface area contributed by atoms with E-state index in [1.165, 1.54) is 0 Å². The number of halogens is 1. The predicted octanol–water partition coefficient (Wildman–Crippen LogP) is 3.11. The van der Waals surface area contributed by atoms with Crippen LogP contribution in [0.15, 0.2) is 18.2 Å². The number of hydrogen-bond donors (Lipinski definition) is 1. The fourth-order valence-corrected chi connectivity index (χ4v) is 2.95. The van der Waals surface area contributed by atoms with E-state index >= 15 is 0 Å². The average Bonchev–Trinajstić information content (AvgIpc) is 2.45. The molecule has 0 aromatic heterocycles. The standard InChI is InChI=1S/C16H23ClN2O/c1-3-18-11-13-6-8-19(9-7-13)16(20)15-5-4-14(17)10-12(15)2/h4-5,10,13,18H,3,6-9,11H2,1-2H3. The molecule has 0 saturated carbocycles. The molecule has 0 unspecified atom stereocenters. The highest BCUT2D eigenvalue weighted by Gasteiger charge is 2.24. The van der Waals surface area contributed by atoms with Crippen LogP contribution in [0, 0.1) is 12.8 Å². The zero-order valence-electron chi connectivity index (χ0n) is 12.3. The van der Waals surface area contributed by atoms with Gasteiger partial charge in [0.1, 0.15) is 0 Å². The molecule has 0 spiro atoms. The van der Waals surface area contributed by atoms with Crippen molar-refractivity contribution in [3.05, 3.63) is 34.3 Å². The number of rotatable bonds is 4. The van der Waals surface area contributed by atoms with Crippen molar-refractivity contribution in [2.45, 2.75) is 26.7 Å². The Labute approximate surface area is 126 Å². The quantitative estimate of drug-likeness (QED) is 0.925. The van der Waals surface area contributed by atoms with Crippen molar-refractivity contribution >= 4 is 17.5 Å². The molecule has 1 heterocycles. The Morgan fingerprint density at radius 1 is 1.40 bits per heavy atom. The average molecular weight is 295 g/mol. The van der Waals surface area contributed by atoms with Crippen molar-refractivity contribution in [3.8, 4) is 0 Å². The number of carbonyl (C=O) groups is 1. The minimum Gasteiger partial charge on any atom is -0.339 e. The molecule has 0 bridgehead atoms. The second-order valence-electron chi connectivity index (χ2n) is 5.50. The van der Waals surface area contributed by atoms with Crippen molar-refractivity contribution in [1.29, 1.82) is 0 Å². The van der Waals surface area contributed by atoms with Gasteiger partial charge in [-0.1, -0.05) is 18.5 Å². The first-order valence-corrected chi connectivity index (χ1v) is 7.75. The van der Waals surface area contributed by atoms with Gasteiger partial charge in [-0.05, 0) is 62.5 Å². The molecule has 0 aliphatic carbocycles. The van der Waals surface area contributed by atoms with Crippen LogP contribution in [0.1, 0.15) is 35.7 Å². The first-order chi connectivity index (χ1) is 9.61. The molecular formula is C16H23ClN2O. The molecule has 1 amide bonds. The van der Waals surface area contributed by atoms with E-state index in [0.29, 0.717) is 10.9 Å². The number of hydrogen-bond acceptors (Lipinski definition) is 2. The van der Waals surface area contributed by atoms with E-state index in [9.17, 15) is 4.79 Å². The first kappa shape index (κ1) is 15.3. The van der Waals surface area contributed by atoms with E-state index in [4.69, 9.17) is 11.6 Å². The van der Waals surface area contributed by atoms with Crippen molar-refractivity contribution in [2.24, 2.45) is 5.92 Å². The Morgan fingerprint density at radius 2 is 2.10 bits per heavy atom. The lowest BCUT2D eigenvalue weighted by Crippen LogP contribution is -2.41. The van der Waals surface area contributed by atoms with Gasteiger partial charge in [0.2, 0.25) is 0 Å². The maximum absolute atomic E-state index is 12.5. The lowest BCUT2D eigenvalue weighted by atomic mass is 9.96. The van der Waals surface area contributed by atoms with Gasteiger partial charge < -0.3 is 10.2 Å². The molecule has 0 radical (unpaired) electrons. The summed E-state index contributed by atoms with van der Waals surface area (Å²) in [5.41, 5.74) is 1.73. The maximum atomic E-state index is 12.5. The van der Waals surface area contributed by atoms with Crippen LogP contribution in [-0.2, 0) is 0 Å². The maximum Gasteiger partial charge on any atom is 0.254 e. The Morgan fingerprint density at radius 3 is 2.70 bits per heavy atom. The summed E-state index contributed by atoms with van der Waals surface area (Å²) < 4.78 is 0. The van der Waals surface area contributed by atoms with Gasteiger partial charge in [0, 0.05) is 23.7 Å². The van der Waals surface area contributed by atoms with Gasteiger partial charge >= 0.3 is 0 Å². The summed E-state index contributed by atoms with van der Waals surface area (Å²) in [4.78, 5) is 14.5. The second-order valence-corrected chi connectivity index (χ2v) is 5.94. The van der Waals surface area contributed by atoms with Crippen molar-refractivity contribution in [3.63, 3.8) is 0 Å². The fraction of sp³-hybridized carbons (Fsp3) is 0.562. The van der Waals surface area contributed by atoms with Gasteiger partial charge in [-0.25, -0.2) is 0 Å². The molecule has 0 atom stereocenters. The van der Waals surface area contributed by atoms with Gasteiger partial charge in [0.15, 0.2) is 0 Å². The molecule has 1 aliphatic heterocycles. The van der Waals surface area contributed by atoms with Crippen molar-refractivity contribution < 1.29 is 4.79 Å². The van der Waals surface area contributed by atoms with E-state index < -0.39 is 0 Å². The normalized spacial score (nSPS) is 16.4. The molecule has 1 saturated heterocycles. The Kier molecular flexibility index (Phi) is 5.44. The summed E-state index contributed by atoms with van der Waals surface area (Å²) in [6.07, 6.45) is 2.18. The van der Waals surface area contributed by atoms with Gasteiger partial charge in [-0.3, -0.25) is 4.79 Å². The molecule has 110 valence electrons. The van der Waals surface area contributed by atoms with E-state index in [1.54, 1.807) is 6.07 Å². The number of aryl methyl sites for hydroxylation is 1. The van der Waals surface area contributed by atoms with E-state index in [-0.39, 0.29) is 5.91 Å². The fourth-order valence-electron chi connectivity index (χ4n) is 2.73. The van der Waals surface area contributed by atoms with Gasteiger partial charge in [-0.2, -0.15) is 0 Å². The summed E-state index contributed by atoms with van der Waals surface area (Å²) in [6.45, 7) is 7.87. The third-order valence-electron chi connectivity index (χ3n) is 4.00. The Balaban J connectivity index is 1.94. The highest BCUT2D eigenvalue weighted by molar-refractivity contribution is 6.30. The smallest absolute Gasteiger partial charge is 0.254 e. The van der Waals surface area contributed by atoms with Crippen LogP contribution in [0.5, 0.6) is 0 Å². The highest BCUT2D eigenvalue weighted by atomic mass is 35.5. The molecule has 1 aliphatic rings. The monoisotopic (exact) mass is 294 g/mol. The zero-order valence-corrected chi connectivity index (χ0v) is 13.0. The van der Waals surface area contributed by atoms with Crippen LogP contribution in [0.25, 0.3) is 0 Å². The number of nitrogens with zero attached hydrogens (tertiary/aromatic N) is 1. The van der Waals surface area contributed by atoms with Gasteiger partial charge in [-0.15, -0.1) is 0 Å². The largest absolute Gasteiger partial charge is 0.339 e. The zero-order chi connectivity index (χ0) is 14.5. The number of nitrogens with one attached hydrogen (secondary N) is 1. The van der Waals surface area contributed by atoms with Crippen LogP contribution in [0.2, 0.25) is 5.02 Å². The summed E-state index contributed by atoms with van der Waals surface area (Å²) in [6, 6.07) is 5.48. The number of benzene rings is 1. The number of piperidine rings is 1. The Bertz CT molecular complexity index is 468. The summed E-state index contributed by atoms with van der Waals surface area (Å²) in [5.74, 6) is 0.839. The third kappa shape index (κ3) is 3.74. The molecule has 1 aromatic carbocycles. The lowest BCUT2D eigenvalue weighted by Gasteiger charge is -2.32. The lowest BCUT2D eigenvalue weighted by molar-refractivity contribution is 0.0689. The molecule has 1 aromatic rings. The van der Waals surface area contributed by atoms with Crippen LogP contribution >= 0.6 is 11.6 Å². The SMILES string of the molecule is CCNCC1CCN(C(=O)c2ccc(Cl)cc2C)CC1. The van der Waals surface area contributed by atoms with Crippen LogP contribution in [0.4, 0.5) is 0 Å². The molecule has 1 fully saturated rings. The van der Waals surface area contributed by atoms with Crippen LogP contribution < -0.4 is 5.32 Å². The molecule has 2 rings (SSSR count). The molecule has 3 nitrogen and oxygen atoms in total. The highest BCUT2D eigenvalue weighted by Crippen LogP contribution is 2.21. The van der Waals surface area contributed by atoms with Gasteiger partial charge in [0.25, 0.3) is 5.91 Å². The molecular weight excluding hydrogens is 272 g/mol. The summed E-state index contributed by atoms with van der Waals surface area (Å²) in [5, 5.41) is 4.07. The predicted molar refractivity (Wildman–Crippen MR) is 83.4 cm³/mol. The van der Waals surface area contributed by atoms with Gasteiger partial charge in [0.05, 0.1) is 0 Å². The molecule has 4 heteroatoms. The first-order valence-electron chi connectivity index (χ1n) is 7.38. The van der Waals surface area contributed by atoms with Crippen LogP contribution in [0.3, 0.4) is 0 Å². The van der Waals surface area contributed by atoms with Crippen molar-refractivity contribution in [1.82, 2.24) is 10.2 Å². The molecule has 1 N–H and O–H groups in total. The summed E-state index contributed by atoms with van der Waals surface area (Å²) in [7, 11) is 0. The Hall–Kier alpha value is -1.06. The summed E-state index contributed by atoms with van der Waals surface area (Å²) >= 11 is 5.94. The molecule has 20 heavy (non-hydrogen) atoms. The van der Waals surface area contributed by atoms with E-state index in [2.05, 4.69) is 12.2 Å². The van der Waals surface area contributed by atoms with Crippen molar-refractivity contribution in [2.75, 3.05) is 26.2 Å². The number of amides is 1. The minimum atomic E-state index is 0.140. The minimum absolute atomic E-state index is 0.140. The second kappa shape index (κ2) is 7.09. The third-order valence-corrected chi connectivity index (χ3v) is 4.24. The van der Waals surface area contributed by atoms with Crippen LogP contribution in [-0.4, -0.2) is 37.0 Å². The van der Waals surface area contributed by atoms with E-state index in [1.807, 2.05) is 24.0 Å².